The molecule has 0 saturated heterocycles. The molecule has 0 radical (unpaired) electrons. The third-order valence-electron chi connectivity index (χ3n) is 2.09. The second-order valence-electron chi connectivity index (χ2n) is 3.00. The number of carbonyl (C=O) groups excluding carboxylic acids is 1. The van der Waals surface area contributed by atoms with Gasteiger partial charge in [0.15, 0.2) is 0 Å². The molecule has 0 bridgehead atoms. The summed E-state index contributed by atoms with van der Waals surface area (Å²) >= 11 is 5.73. The van der Waals surface area contributed by atoms with Crippen LogP contribution in [-0.4, -0.2) is 18.1 Å². The van der Waals surface area contributed by atoms with Gasteiger partial charge in [-0.15, -0.1) is 0 Å². The maximum Gasteiger partial charge on any atom is 0.354 e. The number of methoxy groups -OCH3 is 1. The number of fused-ring (bicyclic) bond motifs is 1. The first-order chi connectivity index (χ1) is 7.13. The van der Waals surface area contributed by atoms with Gasteiger partial charge in [0.25, 0.3) is 0 Å². The van der Waals surface area contributed by atoms with Crippen LogP contribution in [0.2, 0.25) is 5.02 Å². The lowest BCUT2D eigenvalue weighted by Gasteiger charge is -1.95. The molecule has 0 amide bonds. The van der Waals surface area contributed by atoms with E-state index in [1.165, 1.54) is 13.2 Å². The average molecular weight is 228 g/mol. The standard InChI is InChI=1S/C10H7ClFNO2/c1-15-10(14)7-4-5-2-3-6(12)8(11)9(5)13-7/h2-4,13H,1H3. The van der Waals surface area contributed by atoms with Gasteiger partial charge in [0, 0.05) is 5.39 Å². The van der Waals surface area contributed by atoms with Crippen LogP contribution in [0.5, 0.6) is 0 Å². The van der Waals surface area contributed by atoms with Crippen LogP contribution in [0, 0.1) is 5.82 Å². The minimum absolute atomic E-state index is 0.0253. The highest BCUT2D eigenvalue weighted by molar-refractivity contribution is 6.35. The van der Waals surface area contributed by atoms with Gasteiger partial charge in [0.05, 0.1) is 12.6 Å². The average Bonchev–Trinajstić information content (AvgIpc) is 2.67. The van der Waals surface area contributed by atoms with Crippen molar-refractivity contribution in [2.24, 2.45) is 0 Å². The second-order valence-corrected chi connectivity index (χ2v) is 3.38. The van der Waals surface area contributed by atoms with Crippen molar-refractivity contribution in [3.63, 3.8) is 0 Å². The van der Waals surface area contributed by atoms with E-state index < -0.39 is 11.8 Å². The summed E-state index contributed by atoms with van der Waals surface area (Å²) in [6.07, 6.45) is 0. The molecule has 1 heterocycles. The maximum atomic E-state index is 13.1. The minimum Gasteiger partial charge on any atom is -0.464 e. The molecule has 2 rings (SSSR count). The molecule has 1 aromatic heterocycles. The van der Waals surface area contributed by atoms with Gasteiger partial charge in [0.1, 0.15) is 16.5 Å². The molecule has 0 unspecified atom stereocenters. The van der Waals surface area contributed by atoms with Gasteiger partial charge in [-0.05, 0) is 18.2 Å². The van der Waals surface area contributed by atoms with Crippen molar-refractivity contribution >= 4 is 28.5 Å². The fourth-order valence-electron chi connectivity index (χ4n) is 1.36. The lowest BCUT2D eigenvalue weighted by molar-refractivity contribution is 0.0595. The fraction of sp³-hybridized carbons (Fsp3) is 0.100. The highest BCUT2D eigenvalue weighted by Crippen LogP contribution is 2.26. The zero-order valence-electron chi connectivity index (χ0n) is 7.80. The van der Waals surface area contributed by atoms with Gasteiger partial charge in [-0.3, -0.25) is 0 Å². The van der Waals surface area contributed by atoms with Gasteiger partial charge in [-0.25, -0.2) is 9.18 Å². The van der Waals surface area contributed by atoms with E-state index in [1.54, 1.807) is 12.1 Å². The molecule has 0 fully saturated rings. The molecule has 0 atom stereocenters. The first-order valence-corrected chi connectivity index (χ1v) is 4.56. The van der Waals surface area contributed by atoms with Crippen LogP contribution in [0.3, 0.4) is 0 Å². The zero-order valence-corrected chi connectivity index (χ0v) is 8.56. The maximum absolute atomic E-state index is 13.1. The van der Waals surface area contributed by atoms with E-state index in [9.17, 15) is 9.18 Å². The van der Waals surface area contributed by atoms with Gasteiger partial charge in [0.2, 0.25) is 0 Å². The number of H-pyrrole nitrogens is 1. The smallest absolute Gasteiger partial charge is 0.354 e. The third-order valence-corrected chi connectivity index (χ3v) is 2.46. The minimum atomic E-state index is -0.526. The quantitative estimate of drug-likeness (QED) is 0.762. The van der Waals surface area contributed by atoms with Crippen molar-refractivity contribution in [3.05, 3.63) is 34.7 Å². The predicted molar refractivity (Wildman–Crippen MR) is 54.6 cm³/mol. The van der Waals surface area contributed by atoms with E-state index in [0.717, 1.165) is 0 Å². The summed E-state index contributed by atoms with van der Waals surface area (Å²) in [6, 6.07) is 4.35. The van der Waals surface area contributed by atoms with Crippen LogP contribution in [0.25, 0.3) is 10.9 Å². The number of benzene rings is 1. The Labute approximate surface area is 89.8 Å². The van der Waals surface area contributed by atoms with Crippen molar-refractivity contribution in [3.8, 4) is 0 Å². The van der Waals surface area contributed by atoms with Crippen LogP contribution < -0.4 is 0 Å². The molecule has 0 aliphatic rings. The Hall–Kier alpha value is -1.55. The number of hydrogen-bond acceptors (Lipinski definition) is 2. The number of rotatable bonds is 1. The number of hydrogen-bond donors (Lipinski definition) is 1. The predicted octanol–water partition coefficient (Wildman–Crippen LogP) is 2.75. The molecule has 5 heteroatoms. The second kappa shape index (κ2) is 3.55. The Kier molecular flexibility index (Phi) is 2.36. The number of halogens is 2. The van der Waals surface area contributed by atoms with E-state index >= 15 is 0 Å². The van der Waals surface area contributed by atoms with E-state index in [-0.39, 0.29) is 10.7 Å². The lowest BCUT2D eigenvalue weighted by Crippen LogP contribution is -2.00. The molecule has 3 nitrogen and oxygen atoms in total. The molecular formula is C10H7ClFNO2. The monoisotopic (exact) mass is 227 g/mol. The van der Waals surface area contributed by atoms with Crippen LogP contribution in [0.1, 0.15) is 10.5 Å². The van der Waals surface area contributed by atoms with Crippen LogP contribution in [0.15, 0.2) is 18.2 Å². The lowest BCUT2D eigenvalue weighted by atomic mass is 10.2. The van der Waals surface area contributed by atoms with Gasteiger partial charge >= 0.3 is 5.97 Å². The summed E-state index contributed by atoms with van der Waals surface area (Å²) in [5.74, 6) is -1.04. The molecule has 78 valence electrons. The Bertz CT molecular complexity index is 535. The van der Waals surface area contributed by atoms with Gasteiger partial charge in [-0.2, -0.15) is 0 Å². The number of aromatic amines is 1. The number of nitrogens with one attached hydrogen (secondary N) is 1. The van der Waals surface area contributed by atoms with Gasteiger partial charge < -0.3 is 9.72 Å². The van der Waals surface area contributed by atoms with E-state index in [1.807, 2.05) is 0 Å². The van der Waals surface area contributed by atoms with Crippen molar-refractivity contribution in [2.45, 2.75) is 0 Å². The number of ether oxygens (including phenoxy) is 1. The van der Waals surface area contributed by atoms with Crippen LogP contribution in [0.4, 0.5) is 4.39 Å². The molecule has 1 aromatic carbocycles. The largest absolute Gasteiger partial charge is 0.464 e. The summed E-state index contributed by atoms with van der Waals surface area (Å²) in [7, 11) is 1.27. The Morgan fingerprint density at radius 2 is 2.27 bits per heavy atom. The van der Waals surface area contributed by atoms with Crippen molar-refractivity contribution in [1.82, 2.24) is 4.98 Å². The summed E-state index contributed by atoms with van der Waals surface area (Å²) in [4.78, 5) is 13.9. The third kappa shape index (κ3) is 1.57. The molecule has 1 N–H and O–H groups in total. The highest BCUT2D eigenvalue weighted by atomic mass is 35.5. The summed E-state index contributed by atoms with van der Waals surface area (Å²) in [5, 5.41) is 0.643. The number of aromatic nitrogens is 1. The van der Waals surface area contributed by atoms with Crippen LogP contribution in [-0.2, 0) is 4.74 Å². The summed E-state index contributed by atoms with van der Waals surface area (Å²) < 4.78 is 17.6. The Morgan fingerprint density at radius 1 is 1.53 bits per heavy atom. The topological polar surface area (TPSA) is 42.1 Å². The van der Waals surface area contributed by atoms with Crippen molar-refractivity contribution < 1.29 is 13.9 Å². The first kappa shape index (κ1) is 9.98. The number of esters is 1. The Morgan fingerprint density at radius 3 is 2.93 bits per heavy atom. The highest BCUT2D eigenvalue weighted by Gasteiger charge is 2.12. The van der Waals surface area contributed by atoms with E-state index in [2.05, 4.69) is 9.72 Å². The van der Waals surface area contributed by atoms with E-state index in [4.69, 9.17) is 11.6 Å². The molecule has 0 spiro atoms. The number of carbonyl (C=O) groups is 1. The summed E-state index contributed by atoms with van der Waals surface area (Å²) in [5.41, 5.74) is 0.650. The van der Waals surface area contributed by atoms with Gasteiger partial charge in [-0.1, -0.05) is 11.6 Å². The zero-order chi connectivity index (χ0) is 11.0. The molecule has 2 aromatic rings. The van der Waals surface area contributed by atoms with Crippen LogP contribution >= 0.6 is 11.6 Å². The molecule has 0 saturated carbocycles. The first-order valence-electron chi connectivity index (χ1n) is 4.18. The van der Waals surface area contributed by atoms with Crippen molar-refractivity contribution in [2.75, 3.05) is 7.11 Å². The molecule has 15 heavy (non-hydrogen) atoms. The summed E-state index contributed by atoms with van der Waals surface area (Å²) in [6.45, 7) is 0. The van der Waals surface area contributed by atoms with E-state index in [0.29, 0.717) is 10.9 Å². The van der Waals surface area contributed by atoms with Crippen molar-refractivity contribution in [1.29, 1.82) is 0 Å². The normalized spacial score (nSPS) is 10.6. The SMILES string of the molecule is COC(=O)c1cc2ccc(F)c(Cl)c2[nH]1. The Balaban J connectivity index is 2.66. The molecule has 0 aliphatic heterocycles. The molecular weight excluding hydrogens is 221 g/mol. The fourth-order valence-corrected chi connectivity index (χ4v) is 1.58. The molecule has 0 aliphatic carbocycles.